The number of hydrogen-bond donors (Lipinski definition) is 2. The van der Waals surface area contributed by atoms with Crippen LogP contribution in [-0.2, 0) is 4.74 Å². The molecule has 2 heterocycles. The van der Waals surface area contributed by atoms with Crippen molar-refractivity contribution in [1.29, 1.82) is 0 Å². The van der Waals surface area contributed by atoms with E-state index in [0.717, 1.165) is 58.5 Å². The molecule has 4 heteroatoms. The van der Waals surface area contributed by atoms with Crippen LogP contribution < -0.4 is 0 Å². The molecule has 0 amide bonds. The van der Waals surface area contributed by atoms with Crippen molar-refractivity contribution in [3.8, 4) is 0 Å². The molecule has 3 fully saturated rings. The van der Waals surface area contributed by atoms with Gasteiger partial charge in [0.1, 0.15) is 0 Å². The molecule has 2 unspecified atom stereocenters. The van der Waals surface area contributed by atoms with Crippen molar-refractivity contribution in [2.75, 3.05) is 39.5 Å². The SMILES string of the molecule is OCC1(CN2CCC3(O)CCCCC3C2)CCOCC1. The van der Waals surface area contributed by atoms with Gasteiger partial charge in [-0.1, -0.05) is 12.8 Å². The van der Waals surface area contributed by atoms with Gasteiger partial charge in [0.25, 0.3) is 0 Å². The van der Waals surface area contributed by atoms with E-state index in [9.17, 15) is 10.2 Å². The van der Waals surface area contributed by atoms with E-state index in [1.807, 2.05) is 0 Å². The van der Waals surface area contributed by atoms with Gasteiger partial charge in [-0.15, -0.1) is 0 Å². The third-order valence-corrected chi connectivity index (χ3v) is 5.96. The van der Waals surface area contributed by atoms with Crippen molar-refractivity contribution in [2.45, 2.75) is 50.5 Å². The van der Waals surface area contributed by atoms with E-state index in [1.165, 1.54) is 19.3 Å². The Hall–Kier alpha value is -0.160. The van der Waals surface area contributed by atoms with Crippen LogP contribution in [0.3, 0.4) is 0 Å². The van der Waals surface area contributed by atoms with Gasteiger partial charge in [-0.3, -0.25) is 0 Å². The van der Waals surface area contributed by atoms with Gasteiger partial charge in [0.15, 0.2) is 0 Å². The van der Waals surface area contributed by atoms with Crippen molar-refractivity contribution in [2.24, 2.45) is 11.3 Å². The summed E-state index contributed by atoms with van der Waals surface area (Å²) in [6.45, 7) is 4.79. The second-order valence-corrected chi connectivity index (χ2v) is 7.30. The van der Waals surface area contributed by atoms with Gasteiger partial charge in [-0.2, -0.15) is 0 Å². The highest BCUT2D eigenvalue weighted by atomic mass is 16.5. The zero-order valence-electron chi connectivity index (χ0n) is 12.5. The summed E-state index contributed by atoms with van der Waals surface area (Å²) < 4.78 is 5.45. The molecule has 0 aromatic rings. The fourth-order valence-electron chi connectivity index (χ4n) is 4.43. The third-order valence-electron chi connectivity index (χ3n) is 5.96. The standard InChI is InChI=1S/C16H29NO3/c18-13-15(6-9-20-10-7-15)12-17-8-5-16(19)4-2-1-3-14(16)11-17/h14,18-19H,1-13H2. The van der Waals surface area contributed by atoms with E-state index >= 15 is 0 Å². The minimum Gasteiger partial charge on any atom is -0.396 e. The second kappa shape index (κ2) is 5.91. The number of ether oxygens (including phenoxy) is 1. The number of rotatable bonds is 3. The maximum atomic E-state index is 10.7. The highest BCUT2D eigenvalue weighted by molar-refractivity contribution is 4.97. The Morgan fingerprint density at radius 3 is 2.65 bits per heavy atom. The smallest absolute Gasteiger partial charge is 0.0700 e. The summed E-state index contributed by atoms with van der Waals surface area (Å²) in [5, 5.41) is 20.6. The molecular formula is C16H29NO3. The first-order valence-corrected chi connectivity index (χ1v) is 8.29. The molecular weight excluding hydrogens is 254 g/mol. The van der Waals surface area contributed by atoms with E-state index in [-0.39, 0.29) is 12.0 Å². The quantitative estimate of drug-likeness (QED) is 0.822. The van der Waals surface area contributed by atoms with E-state index < -0.39 is 5.60 Å². The van der Waals surface area contributed by atoms with Crippen LogP contribution in [0, 0.1) is 11.3 Å². The number of aliphatic hydroxyl groups is 2. The Morgan fingerprint density at radius 1 is 1.10 bits per heavy atom. The van der Waals surface area contributed by atoms with Crippen LogP contribution in [-0.4, -0.2) is 60.2 Å². The van der Waals surface area contributed by atoms with Crippen LogP contribution in [0.2, 0.25) is 0 Å². The maximum absolute atomic E-state index is 10.7. The predicted octanol–water partition coefficient (Wildman–Crippen LogP) is 1.40. The summed E-state index contributed by atoms with van der Waals surface area (Å²) in [6, 6.07) is 0. The number of aliphatic hydroxyl groups excluding tert-OH is 1. The first kappa shape index (κ1) is 14.8. The molecule has 4 nitrogen and oxygen atoms in total. The Bertz CT molecular complexity index is 330. The lowest BCUT2D eigenvalue weighted by Crippen LogP contribution is -2.56. The van der Waals surface area contributed by atoms with Crippen LogP contribution in [0.5, 0.6) is 0 Å². The molecule has 2 N–H and O–H groups in total. The average Bonchev–Trinajstić information content (AvgIpc) is 2.48. The summed E-state index contributed by atoms with van der Waals surface area (Å²) in [4.78, 5) is 2.49. The topological polar surface area (TPSA) is 52.9 Å². The molecule has 3 aliphatic rings. The van der Waals surface area contributed by atoms with Crippen LogP contribution in [0.4, 0.5) is 0 Å². The zero-order chi connectivity index (χ0) is 14.1. The van der Waals surface area contributed by atoms with Gasteiger partial charge in [0, 0.05) is 44.2 Å². The molecule has 0 aromatic heterocycles. The van der Waals surface area contributed by atoms with Gasteiger partial charge in [-0.25, -0.2) is 0 Å². The Labute approximate surface area is 122 Å². The molecule has 2 aliphatic heterocycles. The molecule has 0 spiro atoms. The fourth-order valence-corrected chi connectivity index (χ4v) is 4.43. The molecule has 0 radical (unpaired) electrons. The largest absolute Gasteiger partial charge is 0.396 e. The summed E-state index contributed by atoms with van der Waals surface area (Å²) >= 11 is 0. The highest BCUT2D eigenvalue weighted by Gasteiger charge is 2.44. The van der Waals surface area contributed by atoms with Gasteiger partial charge in [0.2, 0.25) is 0 Å². The normalized spacial score (nSPS) is 38.4. The molecule has 2 atom stereocenters. The van der Waals surface area contributed by atoms with Gasteiger partial charge in [0.05, 0.1) is 12.2 Å². The van der Waals surface area contributed by atoms with Gasteiger partial charge in [-0.05, 0) is 32.1 Å². The van der Waals surface area contributed by atoms with Crippen molar-refractivity contribution in [3.05, 3.63) is 0 Å². The van der Waals surface area contributed by atoms with Gasteiger partial charge < -0.3 is 19.8 Å². The first-order valence-electron chi connectivity index (χ1n) is 8.29. The maximum Gasteiger partial charge on any atom is 0.0700 e. The Morgan fingerprint density at radius 2 is 1.90 bits per heavy atom. The number of fused-ring (bicyclic) bond motifs is 1. The van der Waals surface area contributed by atoms with Crippen LogP contribution in [0.1, 0.15) is 44.9 Å². The summed E-state index contributed by atoms with van der Waals surface area (Å²) in [5.74, 6) is 0.445. The third kappa shape index (κ3) is 2.89. The molecule has 2 saturated heterocycles. The highest BCUT2D eigenvalue weighted by Crippen LogP contribution is 2.41. The molecule has 1 aliphatic carbocycles. The average molecular weight is 283 g/mol. The number of nitrogens with zero attached hydrogens (tertiary/aromatic N) is 1. The van der Waals surface area contributed by atoms with Crippen molar-refractivity contribution < 1.29 is 14.9 Å². The lowest BCUT2D eigenvalue weighted by atomic mass is 9.70. The molecule has 20 heavy (non-hydrogen) atoms. The minimum absolute atomic E-state index is 0.0301. The van der Waals surface area contributed by atoms with E-state index in [2.05, 4.69) is 4.90 Å². The zero-order valence-corrected chi connectivity index (χ0v) is 12.5. The van der Waals surface area contributed by atoms with E-state index in [0.29, 0.717) is 5.92 Å². The summed E-state index contributed by atoms with van der Waals surface area (Å²) in [6.07, 6.45) is 7.46. The van der Waals surface area contributed by atoms with E-state index in [4.69, 9.17) is 4.74 Å². The van der Waals surface area contributed by atoms with Crippen LogP contribution >= 0.6 is 0 Å². The van der Waals surface area contributed by atoms with Crippen molar-refractivity contribution >= 4 is 0 Å². The predicted molar refractivity (Wildman–Crippen MR) is 77.5 cm³/mol. The minimum atomic E-state index is -0.392. The molecule has 0 aromatic carbocycles. The Kier molecular flexibility index (Phi) is 4.37. The number of hydrogen-bond acceptors (Lipinski definition) is 4. The number of piperidine rings is 1. The fraction of sp³-hybridized carbons (Fsp3) is 1.00. The second-order valence-electron chi connectivity index (χ2n) is 7.30. The molecule has 1 saturated carbocycles. The summed E-state index contributed by atoms with van der Waals surface area (Å²) in [5.41, 5.74) is -0.362. The lowest BCUT2D eigenvalue weighted by Gasteiger charge is -2.50. The summed E-state index contributed by atoms with van der Waals surface area (Å²) in [7, 11) is 0. The van der Waals surface area contributed by atoms with E-state index in [1.54, 1.807) is 0 Å². The van der Waals surface area contributed by atoms with Crippen molar-refractivity contribution in [1.82, 2.24) is 4.90 Å². The first-order chi connectivity index (χ1) is 9.66. The monoisotopic (exact) mass is 283 g/mol. The Balaban J connectivity index is 1.61. The van der Waals surface area contributed by atoms with Crippen molar-refractivity contribution in [3.63, 3.8) is 0 Å². The molecule has 3 rings (SSSR count). The van der Waals surface area contributed by atoms with Crippen LogP contribution in [0.15, 0.2) is 0 Å². The van der Waals surface area contributed by atoms with Gasteiger partial charge >= 0.3 is 0 Å². The molecule has 0 bridgehead atoms. The van der Waals surface area contributed by atoms with Crippen LogP contribution in [0.25, 0.3) is 0 Å². The number of likely N-dealkylation sites (tertiary alicyclic amines) is 1. The lowest BCUT2D eigenvalue weighted by molar-refractivity contribution is -0.110. The molecule has 116 valence electrons.